The van der Waals surface area contributed by atoms with E-state index in [0.29, 0.717) is 5.95 Å². The van der Waals surface area contributed by atoms with Crippen LogP contribution in [-0.4, -0.2) is 40.6 Å². The third-order valence-corrected chi connectivity index (χ3v) is 5.39. The fraction of sp³-hybridized carbons (Fsp3) is 0.500. The Balaban J connectivity index is 2.22. The van der Waals surface area contributed by atoms with E-state index in [1.165, 1.54) is 6.26 Å². The average Bonchev–Trinajstić information content (AvgIpc) is 2.69. The van der Waals surface area contributed by atoms with Crippen LogP contribution in [0.15, 0.2) is 18.3 Å². The number of sulfone groups is 1. The van der Waals surface area contributed by atoms with Crippen LogP contribution in [0.4, 0.5) is 5.95 Å². The molecule has 0 aliphatic heterocycles. The minimum Gasteiger partial charge on any atom is -0.351 e. The Morgan fingerprint density at radius 1 is 1.42 bits per heavy atom. The van der Waals surface area contributed by atoms with Gasteiger partial charge in [0.2, 0.25) is 5.95 Å². The molecule has 0 saturated heterocycles. The van der Waals surface area contributed by atoms with Crippen LogP contribution in [0.25, 0.3) is 5.65 Å². The Morgan fingerprint density at radius 2 is 2.11 bits per heavy atom. The molecule has 2 aromatic rings. The number of anilines is 1. The summed E-state index contributed by atoms with van der Waals surface area (Å²) in [5, 5.41) is 7.24. The minimum atomic E-state index is -3.14. The first kappa shape index (κ1) is 13.8. The number of nitrogens with one attached hydrogen (secondary N) is 1. The fourth-order valence-electron chi connectivity index (χ4n) is 1.54. The van der Waals surface area contributed by atoms with Gasteiger partial charge in [-0.15, -0.1) is 5.10 Å². The van der Waals surface area contributed by atoms with Crippen molar-refractivity contribution in [3.05, 3.63) is 23.9 Å². The zero-order valence-electron chi connectivity index (χ0n) is 11.5. The molecule has 0 spiro atoms. The first-order valence-corrected chi connectivity index (χ1v) is 7.85. The molecule has 0 amide bonds. The summed E-state index contributed by atoms with van der Waals surface area (Å²) >= 11 is 0. The van der Waals surface area contributed by atoms with E-state index in [0.717, 1.165) is 11.2 Å². The van der Waals surface area contributed by atoms with Crippen LogP contribution in [0.2, 0.25) is 0 Å². The highest BCUT2D eigenvalue weighted by atomic mass is 32.2. The summed E-state index contributed by atoms with van der Waals surface area (Å²) in [7, 11) is -3.14. The number of hydrogen-bond donors (Lipinski definition) is 1. The van der Waals surface area contributed by atoms with Crippen LogP contribution in [0, 0.1) is 6.92 Å². The average molecular weight is 282 g/mol. The largest absolute Gasteiger partial charge is 0.351 e. The molecule has 6 nitrogen and oxygen atoms in total. The first-order valence-electron chi connectivity index (χ1n) is 5.96. The van der Waals surface area contributed by atoms with Gasteiger partial charge in [-0.25, -0.2) is 12.9 Å². The fourth-order valence-corrected chi connectivity index (χ4v) is 1.87. The van der Waals surface area contributed by atoms with Gasteiger partial charge in [0, 0.05) is 19.0 Å². The lowest BCUT2D eigenvalue weighted by molar-refractivity contribution is 0.559. The Kier molecular flexibility index (Phi) is 3.25. The maximum absolute atomic E-state index is 11.6. The molecule has 2 heterocycles. The SMILES string of the molecule is Cc1cccn2nc(NCC(C)(C)S(C)(=O)=O)nc12. The molecule has 0 unspecified atom stereocenters. The molecule has 2 rings (SSSR count). The predicted octanol–water partition coefficient (Wildman–Crippen LogP) is 1.27. The lowest BCUT2D eigenvalue weighted by Gasteiger charge is -2.22. The summed E-state index contributed by atoms with van der Waals surface area (Å²) in [6, 6.07) is 3.84. The molecule has 0 aromatic carbocycles. The van der Waals surface area contributed by atoms with Crippen molar-refractivity contribution in [2.75, 3.05) is 18.1 Å². The summed E-state index contributed by atoms with van der Waals surface area (Å²) in [6.45, 7) is 5.57. The molecule has 0 aliphatic carbocycles. The predicted molar refractivity (Wildman–Crippen MR) is 75.1 cm³/mol. The summed E-state index contributed by atoms with van der Waals surface area (Å²) < 4.78 is 24.0. The van der Waals surface area contributed by atoms with Crippen LogP contribution in [0.3, 0.4) is 0 Å². The molecule has 1 N–H and O–H groups in total. The summed E-state index contributed by atoms with van der Waals surface area (Å²) in [4.78, 5) is 4.34. The van der Waals surface area contributed by atoms with Gasteiger partial charge in [-0.1, -0.05) is 6.07 Å². The van der Waals surface area contributed by atoms with Crippen LogP contribution < -0.4 is 5.32 Å². The Morgan fingerprint density at radius 3 is 2.68 bits per heavy atom. The topological polar surface area (TPSA) is 76.4 Å². The number of nitrogens with zero attached hydrogens (tertiary/aromatic N) is 3. The summed E-state index contributed by atoms with van der Waals surface area (Å²) in [5.41, 5.74) is 1.78. The van der Waals surface area contributed by atoms with Crippen molar-refractivity contribution >= 4 is 21.4 Å². The van der Waals surface area contributed by atoms with Crippen LogP contribution in [0.5, 0.6) is 0 Å². The van der Waals surface area contributed by atoms with Crippen molar-refractivity contribution in [1.82, 2.24) is 14.6 Å². The second kappa shape index (κ2) is 4.48. The van der Waals surface area contributed by atoms with Crippen molar-refractivity contribution in [2.45, 2.75) is 25.5 Å². The lowest BCUT2D eigenvalue weighted by atomic mass is 10.2. The molecule has 104 valence electrons. The third kappa shape index (κ3) is 2.70. The van der Waals surface area contributed by atoms with Gasteiger partial charge in [-0.05, 0) is 32.4 Å². The van der Waals surface area contributed by atoms with Crippen LogP contribution >= 0.6 is 0 Å². The molecule has 0 bridgehead atoms. The van der Waals surface area contributed by atoms with Crippen molar-refractivity contribution in [3.63, 3.8) is 0 Å². The third-order valence-electron chi connectivity index (χ3n) is 3.23. The molecule has 7 heteroatoms. The number of hydrogen-bond acceptors (Lipinski definition) is 5. The maximum atomic E-state index is 11.6. The molecular formula is C12H18N4O2S. The molecule has 0 fully saturated rings. The number of pyridine rings is 1. The molecule has 0 atom stereocenters. The first-order chi connectivity index (χ1) is 8.71. The van der Waals surface area contributed by atoms with Crippen molar-refractivity contribution < 1.29 is 8.42 Å². The van der Waals surface area contributed by atoms with E-state index < -0.39 is 14.6 Å². The van der Waals surface area contributed by atoms with E-state index in [4.69, 9.17) is 0 Å². The Hall–Kier alpha value is -1.63. The van der Waals surface area contributed by atoms with Crippen molar-refractivity contribution in [3.8, 4) is 0 Å². The number of rotatable bonds is 4. The van der Waals surface area contributed by atoms with Crippen molar-refractivity contribution in [1.29, 1.82) is 0 Å². The van der Waals surface area contributed by atoms with Crippen LogP contribution in [-0.2, 0) is 9.84 Å². The lowest BCUT2D eigenvalue weighted by Crippen LogP contribution is -2.38. The van der Waals surface area contributed by atoms with Gasteiger partial charge >= 0.3 is 0 Å². The zero-order valence-corrected chi connectivity index (χ0v) is 12.3. The van der Waals surface area contributed by atoms with E-state index in [1.54, 1.807) is 18.4 Å². The second-order valence-electron chi connectivity index (χ2n) is 5.28. The molecule has 0 aliphatic rings. The highest BCUT2D eigenvalue weighted by Gasteiger charge is 2.30. The van der Waals surface area contributed by atoms with Gasteiger partial charge in [0.1, 0.15) is 0 Å². The van der Waals surface area contributed by atoms with E-state index in [-0.39, 0.29) is 6.54 Å². The highest BCUT2D eigenvalue weighted by Crippen LogP contribution is 2.16. The number of fused-ring (bicyclic) bond motifs is 1. The smallest absolute Gasteiger partial charge is 0.243 e. The summed E-state index contributed by atoms with van der Waals surface area (Å²) in [5.74, 6) is 0.436. The Bertz CT molecular complexity index is 704. The van der Waals surface area contributed by atoms with E-state index in [1.807, 2.05) is 25.3 Å². The maximum Gasteiger partial charge on any atom is 0.243 e. The van der Waals surface area contributed by atoms with E-state index in [9.17, 15) is 8.42 Å². The quantitative estimate of drug-likeness (QED) is 0.914. The van der Waals surface area contributed by atoms with Crippen LogP contribution in [0.1, 0.15) is 19.4 Å². The second-order valence-corrected chi connectivity index (χ2v) is 7.93. The van der Waals surface area contributed by atoms with E-state index in [2.05, 4.69) is 15.4 Å². The molecule has 0 radical (unpaired) electrons. The molecular weight excluding hydrogens is 264 g/mol. The number of aryl methyl sites for hydroxylation is 1. The molecule has 0 saturated carbocycles. The minimum absolute atomic E-state index is 0.266. The van der Waals surface area contributed by atoms with Gasteiger partial charge < -0.3 is 5.32 Å². The summed E-state index contributed by atoms with van der Waals surface area (Å²) in [6.07, 6.45) is 3.04. The standard InChI is InChI=1S/C12H18N4O2S/c1-9-6-5-7-16-10(9)14-11(15-16)13-8-12(2,3)19(4,17)18/h5-7H,8H2,1-4H3,(H,13,15). The molecule has 19 heavy (non-hydrogen) atoms. The van der Waals surface area contributed by atoms with Gasteiger partial charge in [0.25, 0.3) is 0 Å². The highest BCUT2D eigenvalue weighted by molar-refractivity contribution is 7.92. The normalized spacial score (nSPS) is 12.8. The van der Waals surface area contributed by atoms with Crippen molar-refractivity contribution in [2.24, 2.45) is 0 Å². The van der Waals surface area contributed by atoms with E-state index >= 15 is 0 Å². The number of aromatic nitrogens is 3. The molecule has 2 aromatic heterocycles. The van der Waals surface area contributed by atoms with Gasteiger partial charge in [-0.3, -0.25) is 0 Å². The monoisotopic (exact) mass is 282 g/mol. The van der Waals surface area contributed by atoms with Gasteiger partial charge in [-0.2, -0.15) is 4.98 Å². The van der Waals surface area contributed by atoms with Gasteiger partial charge in [0.15, 0.2) is 15.5 Å². The Labute approximate surface area is 112 Å². The zero-order chi connectivity index (χ0) is 14.3. The van der Waals surface area contributed by atoms with Gasteiger partial charge in [0.05, 0.1) is 4.75 Å².